The fraction of sp³-hybridized carbons (Fsp3) is 0.188. The highest BCUT2D eigenvalue weighted by molar-refractivity contribution is 7.80. The molecule has 120 valence electrons. The van der Waals surface area contributed by atoms with Crippen molar-refractivity contribution in [2.24, 2.45) is 0 Å². The van der Waals surface area contributed by atoms with E-state index in [0.717, 1.165) is 6.42 Å². The molecule has 0 aliphatic carbocycles. The summed E-state index contributed by atoms with van der Waals surface area (Å²) in [5, 5.41) is 17.3. The number of rotatable bonds is 6. The molecule has 2 aromatic carbocycles. The molecule has 0 saturated carbocycles. The number of nitrogens with zero attached hydrogens (tertiary/aromatic N) is 1. The maximum atomic E-state index is 10.9. The lowest BCUT2D eigenvalue weighted by atomic mass is 10.1. The van der Waals surface area contributed by atoms with E-state index in [2.05, 4.69) is 10.6 Å². The van der Waals surface area contributed by atoms with Crippen LogP contribution in [0.1, 0.15) is 5.56 Å². The van der Waals surface area contributed by atoms with Crippen molar-refractivity contribution in [2.45, 2.75) is 6.42 Å². The molecule has 0 atom stereocenters. The van der Waals surface area contributed by atoms with Crippen molar-refractivity contribution in [3.63, 3.8) is 0 Å². The Morgan fingerprint density at radius 1 is 1.26 bits per heavy atom. The number of thiocarbonyl (C=S) groups is 1. The van der Waals surface area contributed by atoms with Gasteiger partial charge in [-0.05, 0) is 30.3 Å². The Hall–Kier alpha value is -2.67. The van der Waals surface area contributed by atoms with Crippen molar-refractivity contribution in [1.82, 2.24) is 5.32 Å². The molecule has 2 rings (SSSR count). The predicted molar refractivity (Wildman–Crippen MR) is 94.0 cm³/mol. The Balaban J connectivity index is 1.94. The number of hydrogen-bond donors (Lipinski definition) is 2. The molecule has 0 saturated heterocycles. The largest absolute Gasteiger partial charge is 0.495 e. The first kappa shape index (κ1) is 16.7. The van der Waals surface area contributed by atoms with E-state index in [0.29, 0.717) is 23.1 Å². The van der Waals surface area contributed by atoms with Crippen LogP contribution in [0.3, 0.4) is 0 Å². The lowest BCUT2D eigenvalue weighted by molar-refractivity contribution is -0.384. The predicted octanol–water partition coefficient (Wildman–Crippen LogP) is 3.13. The highest BCUT2D eigenvalue weighted by Crippen LogP contribution is 2.28. The van der Waals surface area contributed by atoms with Gasteiger partial charge in [0.25, 0.3) is 5.69 Å². The van der Waals surface area contributed by atoms with E-state index >= 15 is 0 Å². The zero-order valence-corrected chi connectivity index (χ0v) is 13.4. The Morgan fingerprint density at radius 3 is 2.65 bits per heavy atom. The molecule has 0 fully saturated rings. The molecule has 2 N–H and O–H groups in total. The molecule has 0 aliphatic heterocycles. The van der Waals surface area contributed by atoms with Crippen LogP contribution in [0.4, 0.5) is 11.4 Å². The highest BCUT2D eigenvalue weighted by atomic mass is 32.1. The van der Waals surface area contributed by atoms with Crippen LogP contribution < -0.4 is 15.4 Å². The number of non-ortho nitro benzene ring substituents is 1. The van der Waals surface area contributed by atoms with Gasteiger partial charge in [-0.1, -0.05) is 30.3 Å². The molecule has 0 aromatic heterocycles. The first-order valence-corrected chi connectivity index (χ1v) is 7.42. The van der Waals surface area contributed by atoms with Gasteiger partial charge in [0, 0.05) is 18.7 Å². The molecule has 0 spiro atoms. The topological polar surface area (TPSA) is 76.4 Å². The number of benzene rings is 2. The van der Waals surface area contributed by atoms with Gasteiger partial charge in [0.1, 0.15) is 5.75 Å². The summed E-state index contributed by atoms with van der Waals surface area (Å²) >= 11 is 5.22. The fourth-order valence-electron chi connectivity index (χ4n) is 2.04. The van der Waals surface area contributed by atoms with Gasteiger partial charge in [-0.2, -0.15) is 0 Å². The molecule has 0 radical (unpaired) electrons. The van der Waals surface area contributed by atoms with E-state index in [9.17, 15) is 10.1 Å². The van der Waals surface area contributed by atoms with E-state index in [1.54, 1.807) is 0 Å². The maximum Gasteiger partial charge on any atom is 0.271 e. The number of nitro benzene ring substituents is 1. The van der Waals surface area contributed by atoms with Crippen LogP contribution >= 0.6 is 12.2 Å². The second-order valence-electron chi connectivity index (χ2n) is 4.76. The van der Waals surface area contributed by atoms with Crippen molar-refractivity contribution in [2.75, 3.05) is 19.0 Å². The molecule has 2 aromatic rings. The van der Waals surface area contributed by atoms with Crippen LogP contribution in [0.5, 0.6) is 5.75 Å². The van der Waals surface area contributed by atoms with Gasteiger partial charge in [0.15, 0.2) is 5.11 Å². The normalized spacial score (nSPS) is 9.96. The van der Waals surface area contributed by atoms with Crippen molar-refractivity contribution >= 4 is 28.7 Å². The average Bonchev–Trinajstić information content (AvgIpc) is 2.55. The van der Waals surface area contributed by atoms with Gasteiger partial charge in [-0.3, -0.25) is 10.1 Å². The number of nitro groups is 1. The van der Waals surface area contributed by atoms with Crippen LogP contribution in [0, 0.1) is 10.1 Å². The number of anilines is 1. The molecular weight excluding hydrogens is 314 g/mol. The molecular formula is C16H17N3O3S. The van der Waals surface area contributed by atoms with Gasteiger partial charge in [0.05, 0.1) is 17.7 Å². The standard InChI is InChI=1S/C16H17N3O3S/c1-22-15-8-7-13(19(20)21)11-14(15)18-16(23)17-10-9-12-5-3-2-4-6-12/h2-8,11H,9-10H2,1H3,(H2,17,18,23). The number of nitrogens with one attached hydrogen (secondary N) is 2. The summed E-state index contributed by atoms with van der Waals surface area (Å²) in [7, 11) is 1.50. The van der Waals surface area contributed by atoms with Crippen molar-refractivity contribution in [3.8, 4) is 5.75 Å². The molecule has 6 nitrogen and oxygen atoms in total. The van der Waals surface area contributed by atoms with Gasteiger partial charge in [0.2, 0.25) is 0 Å². The summed E-state index contributed by atoms with van der Waals surface area (Å²) in [4.78, 5) is 10.4. The molecule has 0 heterocycles. The average molecular weight is 331 g/mol. The van der Waals surface area contributed by atoms with Gasteiger partial charge in [-0.15, -0.1) is 0 Å². The number of methoxy groups -OCH3 is 1. The summed E-state index contributed by atoms with van der Waals surface area (Å²) in [6.07, 6.45) is 0.828. The van der Waals surface area contributed by atoms with Crippen molar-refractivity contribution in [3.05, 3.63) is 64.2 Å². The molecule has 0 amide bonds. The second-order valence-corrected chi connectivity index (χ2v) is 5.17. The fourth-order valence-corrected chi connectivity index (χ4v) is 2.25. The Kier molecular flexibility index (Phi) is 5.87. The van der Waals surface area contributed by atoms with Gasteiger partial charge >= 0.3 is 0 Å². The van der Waals surface area contributed by atoms with E-state index in [4.69, 9.17) is 17.0 Å². The van der Waals surface area contributed by atoms with Crippen molar-refractivity contribution in [1.29, 1.82) is 0 Å². The molecule has 0 unspecified atom stereocenters. The van der Waals surface area contributed by atoms with Crippen LogP contribution in [-0.2, 0) is 6.42 Å². The first-order valence-electron chi connectivity index (χ1n) is 7.01. The highest BCUT2D eigenvalue weighted by Gasteiger charge is 2.12. The Labute approximate surface area is 139 Å². The molecule has 7 heteroatoms. The van der Waals surface area contributed by atoms with Gasteiger partial charge < -0.3 is 15.4 Å². The van der Waals surface area contributed by atoms with Gasteiger partial charge in [-0.25, -0.2) is 0 Å². The minimum Gasteiger partial charge on any atom is -0.495 e. The second kappa shape index (κ2) is 8.09. The van der Waals surface area contributed by atoms with E-state index in [1.165, 1.54) is 30.9 Å². The molecule has 0 aliphatic rings. The van der Waals surface area contributed by atoms with E-state index < -0.39 is 4.92 Å². The molecule has 0 bridgehead atoms. The number of hydrogen-bond acceptors (Lipinski definition) is 4. The lowest BCUT2D eigenvalue weighted by Gasteiger charge is -2.13. The zero-order chi connectivity index (χ0) is 16.7. The minimum atomic E-state index is -0.462. The summed E-state index contributed by atoms with van der Waals surface area (Å²) in [5.74, 6) is 0.489. The Bertz CT molecular complexity index is 692. The monoisotopic (exact) mass is 331 g/mol. The third kappa shape index (κ3) is 4.93. The number of ether oxygens (including phenoxy) is 1. The van der Waals surface area contributed by atoms with Crippen LogP contribution in [0.25, 0.3) is 0 Å². The summed E-state index contributed by atoms with van der Waals surface area (Å²) < 4.78 is 5.18. The molecule has 23 heavy (non-hydrogen) atoms. The summed E-state index contributed by atoms with van der Waals surface area (Å²) in [5.41, 5.74) is 1.63. The van der Waals surface area contributed by atoms with E-state index in [-0.39, 0.29) is 5.69 Å². The quantitative estimate of drug-likeness (QED) is 0.481. The van der Waals surface area contributed by atoms with Crippen LogP contribution in [0.15, 0.2) is 48.5 Å². The first-order chi connectivity index (χ1) is 11.1. The Morgan fingerprint density at radius 2 is 2.00 bits per heavy atom. The third-order valence-corrected chi connectivity index (χ3v) is 3.43. The van der Waals surface area contributed by atoms with Crippen LogP contribution in [0.2, 0.25) is 0 Å². The van der Waals surface area contributed by atoms with Crippen molar-refractivity contribution < 1.29 is 9.66 Å². The maximum absolute atomic E-state index is 10.9. The van der Waals surface area contributed by atoms with E-state index in [1.807, 2.05) is 30.3 Å². The third-order valence-electron chi connectivity index (χ3n) is 3.18. The zero-order valence-electron chi connectivity index (χ0n) is 12.6. The smallest absolute Gasteiger partial charge is 0.271 e. The minimum absolute atomic E-state index is 0.0274. The lowest BCUT2D eigenvalue weighted by Crippen LogP contribution is -2.30. The van der Waals surface area contributed by atoms with Crippen LogP contribution in [-0.4, -0.2) is 23.7 Å². The summed E-state index contributed by atoms with van der Waals surface area (Å²) in [6.45, 7) is 0.660. The summed E-state index contributed by atoms with van der Waals surface area (Å²) in [6, 6.07) is 14.3. The SMILES string of the molecule is COc1ccc([N+](=O)[O-])cc1NC(=S)NCCc1ccccc1.